The molecule has 2 nitrogen and oxygen atoms in total. The number of rotatable bonds is 10. The Morgan fingerprint density at radius 2 is 0.375 bits per heavy atom. The van der Waals surface area contributed by atoms with Gasteiger partial charge >= 0.3 is 0 Å². The van der Waals surface area contributed by atoms with Gasteiger partial charge in [-0.25, -0.2) is 0 Å². The van der Waals surface area contributed by atoms with Crippen LogP contribution in [0.1, 0.15) is 44.5 Å². The van der Waals surface area contributed by atoms with E-state index in [1.165, 1.54) is 111 Å². The van der Waals surface area contributed by atoms with Crippen molar-refractivity contribution in [2.75, 3.05) is 9.80 Å². The highest BCUT2D eigenvalue weighted by Gasteiger charge is 2.59. The number of anilines is 6. The zero-order valence-electron chi connectivity index (χ0n) is 48.4. The second kappa shape index (κ2) is 20.7. The molecule has 2 spiro atoms. The molecular weight excluding hydrogens is 1060 g/mol. The van der Waals surface area contributed by atoms with Crippen molar-refractivity contribution in [1.29, 1.82) is 0 Å². The van der Waals surface area contributed by atoms with Gasteiger partial charge in [0.25, 0.3) is 0 Å². The monoisotopic (exact) mass is 1120 g/mol. The molecule has 88 heavy (non-hydrogen) atoms. The van der Waals surface area contributed by atoms with Gasteiger partial charge in [0.2, 0.25) is 0 Å². The lowest BCUT2D eigenvalue weighted by molar-refractivity contribution is 0.633. The Morgan fingerprint density at radius 1 is 0.159 bits per heavy atom. The molecule has 0 saturated carbocycles. The number of hydrogen-bond donors (Lipinski definition) is 0. The van der Waals surface area contributed by atoms with Crippen LogP contribution < -0.4 is 9.80 Å². The summed E-state index contributed by atoms with van der Waals surface area (Å²) < 4.78 is 0. The van der Waals surface area contributed by atoms with E-state index in [2.05, 4.69) is 362 Å². The average molecular weight is 1120 g/mol. The molecule has 0 aliphatic heterocycles. The maximum Gasteiger partial charge on any atom is 0.0721 e. The van der Waals surface area contributed by atoms with Crippen LogP contribution in [0.15, 0.2) is 352 Å². The molecule has 0 N–H and O–H groups in total. The van der Waals surface area contributed by atoms with Gasteiger partial charge in [-0.1, -0.05) is 291 Å². The largest absolute Gasteiger partial charge is 0.310 e. The van der Waals surface area contributed by atoms with Gasteiger partial charge < -0.3 is 9.80 Å². The average Bonchev–Trinajstić information content (AvgIpc) is 1.42. The Hall–Kier alpha value is -11.3. The van der Waals surface area contributed by atoms with E-state index in [9.17, 15) is 0 Å². The first-order valence-corrected chi connectivity index (χ1v) is 30.6. The molecule has 3 aliphatic carbocycles. The fourth-order valence-corrected chi connectivity index (χ4v) is 15.3. The normalized spacial score (nSPS) is 13.2. The van der Waals surface area contributed by atoms with Gasteiger partial charge in [-0.3, -0.25) is 0 Å². The number of fused-ring (bicyclic) bond motifs is 16. The Bertz CT molecular complexity index is 4440. The third kappa shape index (κ3) is 7.75. The molecule has 2 heteroatoms. The Labute approximate surface area is 514 Å². The van der Waals surface area contributed by atoms with Gasteiger partial charge in [-0.05, 0) is 161 Å². The van der Waals surface area contributed by atoms with Crippen LogP contribution in [0.25, 0.3) is 66.8 Å². The van der Waals surface area contributed by atoms with Crippen LogP contribution in [-0.4, -0.2) is 0 Å². The molecule has 0 unspecified atom stereocenters. The van der Waals surface area contributed by atoms with Gasteiger partial charge in [0.05, 0.1) is 22.2 Å². The van der Waals surface area contributed by atoms with Crippen molar-refractivity contribution in [1.82, 2.24) is 0 Å². The second-order valence-electron chi connectivity index (χ2n) is 23.4. The lowest BCUT2D eigenvalue weighted by atomic mass is 9.52. The van der Waals surface area contributed by atoms with E-state index < -0.39 is 10.8 Å². The SMILES string of the molecule is c1ccc(-c2ccc(N(c3ccc(-c4ccccc4)cc3)c3cccc4c3-c3c(N(c5ccc(-c6ccccc6)cc5)c5ccc(-c6ccccc6)cc5)cccc3C43c4ccccc4C4(c5ccccc5-c5ccccc54)c4ccccc43)cc2)cc1. The molecule has 0 amide bonds. The zero-order chi connectivity index (χ0) is 58.2. The summed E-state index contributed by atoms with van der Waals surface area (Å²) in [5.74, 6) is 0. The van der Waals surface area contributed by atoms with Crippen molar-refractivity contribution in [3.05, 3.63) is 396 Å². The highest BCUT2D eigenvalue weighted by molar-refractivity contribution is 6.05. The molecule has 0 radical (unpaired) electrons. The minimum absolute atomic E-state index is 0.593. The maximum absolute atomic E-state index is 2.52. The van der Waals surface area contributed by atoms with E-state index in [0.29, 0.717) is 0 Å². The molecule has 412 valence electrons. The van der Waals surface area contributed by atoms with Crippen molar-refractivity contribution >= 4 is 34.1 Å². The number of benzene rings is 14. The van der Waals surface area contributed by atoms with Crippen molar-refractivity contribution < 1.29 is 0 Å². The first-order valence-electron chi connectivity index (χ1n) is 30.6. The van der Waals surface area contributed by atoms with E-state index in [0.717, 1.165) is 34.1 Å². The topological polar surface area (TPSA) is 6.48 Å². The van der Waals surface area contributed by atoms with E-state index in [1.807, 2.05) is 0 Å². The lowest BCUT2D eigenvalue weighted by Gasteiger charge is -2.49. The van der Waals surface area contributed by atoms with Gasteiger partial charge in [-0.2, -0.15) is 0 Å². The van der Waals surface area contributed by atoms with Gasteiger partial charge in [0.15, 0.2) is 0 Å². The summed E-state index contributed by atoms with van der Waals surface area (Å²) in [7, 11) is 0. The Morgan fingerprint density at radius 3 is 0.659 bits per heavy atom. The molecule has 0 aromatic heterocycles. The Balaban J connectivity index is 0.977. The molecule has 3 aliphatic rings. The second-order valence-corrected chi connectivity index (χ2v) is 23.4. The maximum atomic E-state index is 2.52. The zero-order valence-corrected chi connectivity index (χ0v) is 48.4. The summed E-state index contributed by atoms with van der Waals surface area (Å²) in [6.07, 6.45) is 0. The quantitative estimate of drug-likeness (QED) is 0.135. The van der Waals surface area contributed by atoms with Crippen molar-refractivity contribution in [2.24, 2.45) is 0 Å². The van der Waals surface area contributed by atoms with Crippen LogP contribution in [0.3, 0.4) is 0 Å². The highest BCUT2D eigenvalue weighted by atomic mass is 15.2. The molecule has 17 rings (SSSR count). The van der Waals surface area contributed by atoms with E-state index in [1.54, 1.807) is 0 Å². The molecule has 0 bridgehead atoms. The fourth-order valence-electron chi connectivity index (χ4n) is 15.3. The predicted molar refractivity (Wildman–Crippen MR) is 366 cm³/mol. The van der Waals surface area contributed by atoms with Gasteiger partial charge in [-0.15, -0.1) is 0 Å². The first kappa shape index (κ1) is 51.1. The van der Waals surface area contributed by atoms with E-state index in [-0.39, 0.29) is 0 Å². The summed E-state index contributed by atoms with van der Waals surface area (Å²) in [6.45, 7) is 0. The van der Waals surface area contributed by atoms with E-state index in [4.69, 9.17) is 0 Å². The highest BCUT2D eigenvalue weighted by Crippen LogP contribution is 2.70. The molecule has 14 aromatic carbocycles. The van der Waals surface area contributed by atoms with Crippen molar-refractivity contribution in [3.8, 4) is 66.8 Å². The first-order chi connectivity index (χ1) is 43.7. The molecule has 0 fully saturated rings. The third-order valence-corrected chi connectivity index (χ3v) is 19.0. The number of hydrogen-bond acceptors (Lipinski definition) is 2. The van der Waals surface area contributed by atoms with Crippen LogP contribution in [0.4, 0.5) is 34.1 Å². The van der Waals surface area contributed by atoms with Gasteiger partial charge in [0.1, 0.15) is 0 Å². The minimum Gasteiger partial charge on any atom is -0.310 e. The van der Waals surface area contributed by atoms with Crippen LogP contribution in [0.2, 0.25) is 0 Å². The van der Waals surface area contributed by atoms with Crippen molar-refractivity contribution in [3.63, 3.8) is 0 Å². The fraction of sp³-hybridized carbons (Fsp3) is 0.0233. The van der Waals surface area contributed by atoms with Gasteiger partial charge in [0, 0.05) is 33.9 Å². The summed E-state index contributed by atoms with van der Waals surface area (Å²) in [5, 5.41) is 0. The Kier molecular flexibility index (Phi) is 12.0. The molecule has 0 atom stereocenters. The van der Waals surface area contributed by atoms with Crippen LogP contribution in [-0.2, 0) is 10.8 Å². The molecule has 14 aromatic rings. The molecule has 0 saturated heterocycles. The summed E-state index contributed by atoms with van der Waals surface area (Å²) >= 11 is 0. The van der Waals surface area contributed by atoms with E-state index >= 15 is 0 Å². The summed E-state index contributed by atoms with van der Waals surface area (Å²) in [4.78, 5) is 5.03. The number of nitrogens with zero attached hydrogens (tertiary/aromatic N) is 2. The third-order valence-electron chi connectivity index (χ3n) is 19.0. The molecular formula is C86H58N2. The standard InChI is InChI=1S/C86H58N2/c1-5-23-59(24-6-1)63-43-51-67(52-44-63)87(68-53-45-64(46-54-68)60-25-7-2-8-26-60)81-41-21-39-79-83(81)84-80(86(79)77-37-19-17-35-75(77)85(76-36-18-20-38-78(76)86)73-33-15-13-31-71(73)72-32-14-16-34-74(72)85)40-22-42-82(84)88(69-55-47-65(48-56-69)61-27-9-3-10-28-61)70-57-49-66(50-58-70)62-29-11-4-12-30-62/h1-58H. The summed E-state index contributed by atoms with van der Waals surface area (Å²) in [6, 6.07) is 131. The van der Waals surface area contributed by atoms with Crippen LogP contribution in [0, 0.1) is 0 Å². The van der Waals surface area contributed by atoms with Crippen LogP contribution >= 0.6 is 0 Å². The predicted octanol–water partition coefficient (Wildman–Crippen LogP) is 22.3. The smallest absolute Gasteiger partial charge is 0.0721 e. The summed E-state index contributed by atoms with van der Waals surface area (Å²) in [5.41, 5.74) is 29.7. The molecule has 0 heterocycles. The lowest BCUT2D eigenvalue weighted by Crippen LogP contribution is -2.43. The van der Waals surface area contributed by atoms with Crippen molar-refractivity contribution in [2.45, 2.75) is 10.8 Å². The van der Waals surface area contributed by atoms with Crippen LogP contribution in [0.5, 0.6) is 0 Å². The minimum atomic E-state index is -0.790.